The molecule has 0 saturated heterocycles. The number of hydrogen-bond donors (Lipinski definition) is 1. The second-order valence-corrected chi connectivity index (χ2v) is 8.62. The van der Waals surface area contributed by atoms with E-state index in [1.165, 1.54) is 19.1 Å². The van der Waals surface area contributed by atoms with E-state index in [1.807, 2.05) is 18.2 Å². The average Bonchev–Trinajstić information content (AvgIpc) is 2.71. The molecule has 0 aliphatic carbocycles. The molecule has 0 heterocycles. The Labute approximate surface area is 179 Å². The molecule has 0 saturated carbocycles. The van der Waals surface area contributed by atoms with E-state index in [-0.39, 0.29) is 11.4 Å². The Morgan fingerprint density at radius 3 is 2.16 bits per heavy atom. The molecule has 162 valence electrons. The first kappa shape index (κ1) is 22.2. The third-order valence-corrected chi connectivity index (χ3v) is 5.59. The number of anilines is 2. The van der Waals surface area contributed by atoms with Crippen LogP contribution in [0, 0.1) is 11.6 Å². The van der Waals surface area contributed by atoms with Gasteiger partial charge in [-0.1, -0.05) is 18.2 Å². The molecule has 1 unspecified atom stereocenters. The smallest absolute Gasteiger partial charge is 0.248 e. The lowest BCUT2D eigenvalue weighted by atomic mass is 10.2. The highest BCUT2D eigenvalue weighted by atomic mass is 32.2. The zero-order chi connectivity index (χ0) is 22.6. The van der Waals surface area contributed by atoms with Gasteiger partial charge in [-0.15, -0.1) is 0 Å². The summed E-state index contributed by atoms with van der Waals surface area (Å²) < 4.78 is 58.3. The van der Waals surface area contributed by atoms with Crippen LogP contribution < -0.4 is 14.4 Å². The Bertz CT molecular complexity index is 1170. The van der Waals surface area contributed by atoms with Crippen LogP contribution in [0.5, 0.6) is 11.5 Å². The molecule has 0 aliphatic rings. The number of nitrogens with zero attached hydrogens (tertiary/aromatic N) is 1. The van der Waals surface area contributed by atoms with E-state index in [1.54, 1.807) is 24.3 Å². The van der Waals surface area contributed by atoms with Gasteiger partial charge in [-0.05, 0) is 55.5 Å². The molecule has 9 heteroatoms. The van der Waals surface area contributed by atoms with E-state index in [4.69, 9.17) is 4.74 Å². The molecule has 0 aliphatic heterocycles. The summed E-state index contributed by atoms with van der Waals surface area (Å²) in [5.74, 6) is -1.44. The van der Waals surface area contributed by atoms with Crippen LogP contribution in [-0.4, -0.2) is 26.6 Å². The number of carbonyl (C=O) groups excluding carboxylic acids is 1. The van der Waals surface area contributed by atoms with Gasteiger partial charge in [0.25, 0.3) is 0 Å². The minimum atomic E-state index is -3.87. The van der Waals surface area contributed by atoms with Gasteiger partial charge in [-0.3, -0.25) is 9.10 Å². The van der Waals surface area contributed by atoms with Crippen LogP contribution in [0.3, 0.4) is 0 Å². The second kappa shape index (κ2) is 9.13. The minimum Gasteiger partial charge on any atom is -0.457 e. The lowest BCUT2D eigenvalue weighted by Gasteiger charge is -2.28. The average molecular weight is 446 g/mol. The summed E-state index contributed by atoms with van der Waals surface area (Å²) in [6.07, 6.45) is 0.962. The summed E-state index contributed by atoms with van der Waals surface area (Å²) in [5.41, 5.74) is -0.0246. The Kier molecular flexibility index (Phi) is 6.55. The van der Waals surface area contributed by atoms with Crippen molar-refractivity contribution in [3.8, 4) is 11.5 Å². The highest BCUT2D eigenvalue weighted by Crippen LogP contribution is 2.27. The summed E-state index contributed by atoms with van der Waals surface area (Å²) in [6, 6.07) is 16.7. The zero-order valence-corrected chi connectivity index (χ0v) is 17.6. The fraction of sp³-hybridized carbons (Fsp3) is 0.136. The number of halogens is 2. The van der Waals surface area contributed by atoms with Gasteiger partial charge in [0, 0.05) is 6.07 Å². The first-order valence-electron chi connectivity index (χ1n) is 9.23. The minimum absolute atomic E-state index is 0.227. The third-order valence-electron chi connectivity index (χ3n) is 4.35. The van der Waals surface area contributed by atoms with Gasteiger partial charge < -0.3 is 10.1 Å². The van der Waals surface area contributed by atoms with Crippen LogP contribution in [-0.2, 0) is 14.8 Å². The maximum Gasteiger partial charge on any atom is 0.248 e. The number of para-hydroxylation sites is 1. The van der Waals surface area contributed by atoms with Crippen molar-refractivity contribution in [1.29, 1.82) is 0 Å². The number of rotatable bonds is 7. The molecule has 3 aromatic rings. The van der Waals surface area contributed by atoms with Gasteiger partial charge in [-0.2, -0.15) is 0 Å². The molecule has 3 aromatic carbocycles. The first-order chi connectivity index (χ1) is 14.6. The third kappa shape index (κ3) is 5.58. The van der Waals surface area contributed by atoms with Crippen LogP contribution in [0.2, 0.25) is 0 Å². The first-order valence-corrected chi connectivity index (χ1v) is 11.1. The zero-order valence-electron chi connectivity index (χ0n) is 16.7. The van der Waals surface area contributed by atoms with Crippen molar-refractivity contribution < 1.29 is 26.7 Å². The molecule has 1 N–H and O–H groups in total. The number of amides is 1. The molecule has 0 aromatic heterocycles. The van der Waals surface area contributed by atoms with Crippen molar-refractivity contribution in [3.63, 3.8) is 0 Å². The maximum atomic E-state index is 13.9. The Hall–Kier alpha value is -3.46. The number of nitrogens with one attached hydrogen (secondary N) is 1. The molecule has 6 nitrogen and oxygen atoms in total. The van der Waals surface area contributed by atoms with Gasteiger partial charge in [0.1, 0.15) is 29.2 Å². The molecular weight excluding hydrogens is 426 g/mol. The van der Waals surface area contributed by atoms with Crippen molar-refractivity contribution in [1.82, 2.24) is 0 Å². The quantitative estimate of drug-likeness (QED) is 0.578. The van der Waals surface area contributed by atoms with E-state index < -0.39 is 33.6 Å². The largest absolute Gasteiger partial charge is 0.457 e. The molecule has 31 heavy (non-hydrogen) atoms. The Morgan fingerprint density at radius 1 is 0.968 bits per heavy atom. The summed E-state index contributed by atoms with van der Waals surface area (Å²) in [7, 11) is -3.87. The highest BCUT2D eigenvalue weighted by Gasteiger charge is 2.29. The molecule has 0 bridgehead atoms. The van der Waals surface area contributed by atoms with Gasteiger partial charge in [0.05, 0.1) is 17.6 Å². The monoisotopic (exact) mass is 446 g/mol. The van der Waals surface area contributed by atoms with Crippen molar-refractivity contribution >= 4 is 27.3 Å². The van der Waals surface area contributed by atoms with Crippen molar-refractivity contribution in [3.05, 3.63) is 84.4 Å². The second-order valence-electron chi connectivity index (χ2n) is 6.76. The molecule has 1 amide bonds. The standard InChI is InChI=1S/C22H20F2N2O4S/c1-15(22(27)25-21-13-8-16(23)14-20(21)24)26(31(2,28)29)17-9-11-19(12-10-17)30-18-6-4-3-5-7-18/h3-15H,1-2H3,(H,25,27). The number of carbonyl (C=O) groups is 1. The van der Waals surface area contributed by atoms with Crippen LogP contribution >= 0.6 is 0 Å². The molecule has 0 spiro atoms. The van der Waals surface area contributed by atoms with E-state index in [0.29, 0.717) is 17.6 Å². The summed E-state index contributed by atoms with van der Waals surface area (Å²) >= 11 is 0. The lowest BCUT2D eigenvalue weighted by molar-refractivity contribution is -0.116. The summed E-state index contributed by atoms with van der Waals surface area (Å²) in [4.78, 5) is 12.6. The maximum absolute atomic E-state index is 13.9. The number of ether oxygens (including phenoxy) is 1. The predicted molar refractivity (Wildman–Crippen MR) is 115 cm³/mol. The van der Waals surface area contributed by atoms with Gasteiger partial charge >= 0.3 is 0 Å². The van der Waals surface area contributed by atoms with E-state index >= 15 is 0 Å². The lowest BCUT2D eigenvalue weighted by Crippen LogP contribution is -2.45. The van der Waals surface area contributed by atoms with E-state index in [2.05, 4.69) is 5.32 Å². The number of hydrogen-bond acceptors (Lipinski definition) is 4. The Balaban J connectivity index is 1.81. The summed E-state index contributed by atoms with van der Waals surface area (Å²) in [5, 5.41) is 2.29. The van der Waals surface area contributed by atoms with Crippen molar-refractivity contribution in [2.24, 2.45) is 0 Å². The Morgan fingerprint density at radius 2 is 1.58 bits per heavy atom. The molecule has 3 rings (SSSR count). The summed E-state index contributed by atoms with van der Waals surface area (Å²) in [6.45, 7) is 1.37. The predicted octanol–water partition coefficient (Wildman–Crippen LogP) is 4.55. The number of sulfonamides is 1. The topological polar surface area (TPSA) is 75.7 Å². The van der Waals surface area contributed by atoms with E-state index in [9.17, 15) is 22.0 Å². The normalized spacial score (nSPS) is 12.1. The van der Waals surface area contributed by atoms with Crippen molar-refractivity contribution in [2.75, 3.05) is 15.9 Å². The molecule has 1 atom stereocenters. The fourth-order valence-electron chi connectivity index (χ4n) is 2.92. The van der Waals surface area contributed by atoms with E-state index in [0.717, 1.165) is 22.7 Å². The van der Waals surface area contributed by atoms with Crippen LogP contribution in [0.25, 0.3) is 0 Å². The highest BCUT2D eigenvalue weighted by molar-refractivity contribution is 7.92. The fourth-order valence-corrected chi connectivity index (χ4v) is 4.10. The SMILES string of the molecule is CC(C(=O)Nc1ccc(F)cc1F)N(c1ccc(Oc2ccccc2)cc1)S(C)(=O)=O. The van der Waals surface area contributed by atoms with Crippen LogP contribution in [0.1, 0.15) is 6.92 Å². The van der Waals surface area contributed by atoms with Crippen molar-refractivity contribution in [2.45, 2.75) is 13.0 Å². The molecular formula is C22H20F2N2O4S. The molecule has 0 radical (unpaired) electrons. The van der Waals surface area contributed by atoms with Crippen LogP contribution in [0.15, 0.2) is 72.8 Å². The molecule has 0 fully saturated rings. The number of benzene rings is 3. The van der Waals surface area contributed by atoms with Crippen LogP contribution in [0.4, 0.5) is 20.2 Å². The van der Waals surface area contributed by atoms with Gasteiger partial charge in [-0.25, -0.2) is 17.2 Å². The van der Waals surface area contributed by atoms with Gasteiger partial charge in [0.15, 0.2) is 0 Å². The van der Waals surface area contributed by atoms with Gasteiger partial charge in [0.2, 0.25) is 15.9 Å².